The van der Waals surface area contributed by atoms with Gasteiger partial charge in [0.1, 0.15) is 48.6 Å². The number of morpholine rings is 1. The largest absolute Gasteiger partial charge is 0.491 e. The summed E-state index contributed by atoms with van der Waals surface area (Å²) in [7, 11) is 0. The number of para-hydroxylation sites is 1. The molecule has 0 aliphatic carbocycles. The molecule has 0 bridgehead atoms. The molecule has 1 aromatic heterocycles. The minimum Gasteiger partial charge on any atom is -0.491 e. The monoisotopic (exact) mass is 1040 g/mol. The van der Waals surface area contributed by atoms with Crippen molar-refractivity contribution in [2.24, 2.45) is 5.92 Å². The number of hydrogen-bond acceptors (Lipinski definition) is 14. The van der Waals surface area contributed by atoms with Crippen LogP contribution in [0.3, 0.4) is 0 Å². The summed E-state index contributed by atoms with van der Waals surface area (Å²) < 4.78 is 20.0. The van der Waals surface area contributed by atoms with Crippen LogP contribution in [0.25, 0.3) is 11.0 Å². The fourth-order valence-corrected chi connectivity index (χ4v) is 11.1. The normalized spacial score (nSPS) is 20.7. The average molecular weight is 1040 g/mol. The Morgan fingerprint density at radius 2 is 1.49 bits per heavy atom. The van der Waals surface area contributed by atoms with E-state index in [1.54, 1.807) is 77.5 Å². The number of nitrogens with one attached hydrogen (secondary N) is 1. The van der Waals surface area contributed by atoms with Crippen molar-refractivity contribution in [2.75, 3.05) is 24.7 Å². The van der Waals surface area contributed by atoms with E-state index < -0.39 is 77.1 Å². The van der Waals surface area contributed by atoms with Crippen molar-refractivity contribution in [1.29, 1.82) is 0 Å². The molecule has 18 nitrogen and oxygen atoms in total. The molecule has 2 saturated heterocycles. The number of nitrogens with zero attached hydrogens (tertiary/aromatic N) is 6. The van der Waals surface area contributed by atoms with Crippen LogP contribution in [0.4, 0.5) is 16.2 Å². The third-order valence-corrected chi connectivity index (χ3v) is 14.5. The summed E-state index contributed by atoms with van der Waals surface area (Å²) in [5.41, 5.74) is 2.26. The van der Waals surface area contributed by atoms with Gasteiger partial charge < -0.3 is 29.7 Å². The van der Waals surface area contributed by atoms with Crippen molar-refractivity contribution in [1.82, 2.24) is 25.2 Å². The number of carbonyl (C=O) groups is 4. The van der Waals surface area contributed by atoms with Gasteiger partial charge in [0.25, 0.3) is 5.69 Å². The van der Waals surface area contributed by atoms with E-state index >= 15 is 14.4 Å². The topological polar surface area (TPSA) is 229 Å². The molecule has 3 amide bonds. The number of benzene rings is 7. The van der Waals surface area contributed by atoms with E-state index in [1.807, 2.05) is 89.8 Å². The van der Waals surface area contributed by atoms with Crippen LogP contribution in [0.15, 0.2) is 182 Å². The average Bonchev–Trinajstić information content (AvgIpc) is 3.16. The maximum absolute atomic E-state index is 16.7. The number of nitro benzene ring substituents is 1. The zero-order valence-corrected chi connectivity index (χ0v) is 41.6. The third kappa shape index (κ3) is 9.25. The molecule has 78 heavy (non-hydrogen) atoms. The number of esters is 1. The number of aliphatic hydroxyl groups is 2. The van der Waals surface area contributed by atoms with Crippen LogP contribution < -0.4 is 15.0 Å². The van der Waals surface area contributed by atoms with Gasteiger partial charge in [-0.05, 0) is 88.0 Å². The van der Waals surface area contributed by atoms with Gasteiger partial charge in [-0.2, -0.15) is 0 Å². The van der Waals surface area contributed by atoms with Crippen LogP contribution in [0.5, 0.6) is 5.75 Å². The maximum atomic E-state index is 16.7. The number of nitro groups is 1. The first-order chi connectivity index (χ1) is 38.1. The molecule has 1 spiro atoms. The van der Waals surface area contributed by atoms with E-state index in [0.717, 1.165) is 10.4 Å². The molecule has 3 aliphatic heterocycles. The Balaban J connectivity index is 1.13. The maximum Gasteiger partial charge on any atom is 0.421 e. The third-order valence-electron chi connectivity index (χ3n) is 14.5. The minimum absolute atomic E-state index is 0.0155. The number of carbonyl (C=O) groups excluding carboxylic acids is 4. The van der Waals surface area contributed by atoms with Crippen LogP contribution >= 0.6 is 0 Å². The fourth-order valence-electron chi connectivity index (χ4n) is 11.1. The number of imide groups is 1. The summed E-state index contributed by atoms with van der Waals surface area (Å²) in [4.78, 5) is 76.8. The quantitative estimate of drug-likeness (QED) is 0.0412. The van der Waals surface area contributed by atoms with Crippen molar-refractivity contribution in [3.8, 4) is 17.6 Å². The van der Waals surface area contributed by atoms with Crippen molar-refractivity contribution in [3.63, 3.8) is 0 Å². The lowest BCUT2D eigenvalue weighted by Gasteiger charge is -2.46. The molecule has 8 aromatic rings. The Morgan fingerprint density at radius 3 is 2.19 bits per heavy atom. The van der Waals surface area contributed by atoms with E-state index in [0.29, 0.717) is 44.6 Å². The lowest BCUT2D eigenvalue weighted by Crippen LogP contribution is -2.56. The van der Waals surface area contributed by atoms with E-state index in [4.69, 9.17) is 14.2 Å². The molecule has 0 radical (unpaired) electrons. The first-order valence-corrected chi connectivity index (χ1v) is 25.1. The van der Waals surface area contributed by atoms with E-state index in [2.05, 4.69) is 27.5 Å². The molecule has 0 saturated carbocycles. The van der Waals surface area contributed by atoms with Gasteiger partial charge in [0, 0.05) is 24.2 Å². The number of cyclic esters (lactones) is 1. The highest BCUT2D eigenvalue weighted by Crippen LogP contribution is 2.66. The highest BCUT2D eigenvalue weighted by molar-refractivity contribution is 6.23. The molecular formula is C60H49N7O11. The van der Waals surface area contributed by atoms with Crippen molar-refractivity contribution in [2.45, 2.75) is 48.9 Å². The molecule has 7 aromatic carbocycles. The van der Waals surface area contributed by atoms with Gasteiger partial charge in [-0.1, -0.05) is 132 Å². The van der Waals surface area contributed by atoms with Gasteiger partial charge in [0.15, 0.2) is 0 Å². The van der Waals surface area contributed by atoms with Crippen LogP contribution in [0, 0.1) is 27.9 Å². The fraction of sp³-hybridized carbons (Fsp3) is 0.200. The Hall–Kier alpha value is -9.54. The minimum atomic E-state index is -2.21. The predicted octanol–water partition coefficient (Wildman–Crippen LogP) is 7.61. The summed E-state index contributed by atoms with van der Waals surface area (Å²) in [6.07, 6.45) is -3.35. The van der Waals surface area contributed by atoms with Gasteiger partial charge in [0.05, 0.1) is 46.8 Å². The summed E-state index contributed by atoms with van der Waals surface area (Å²) in [6.45, 7) is -0.898. The molecule has 2 fully saturated rings. The standard InChI is InChI=1S/C60H49N7O11/c68-33-34-76-45-29-25-43(26-30-45)55-60(51(56(70)61-36-50(69)40-14-4-1-5-15-40)53-57(71)78-54(42-18-8-3-9-19-42)52(66(53)55)41-16-6-2-7-17-41)46-35-38(13-12-32-64-49-21-11-10-20-47(49)62-63-64)24-31-48(46)65(58(60)72)59(73)77-37-39-22-27-44(28-23-39)67(74)75/h1-11,14-31,35,50-55,68-69H,32-34,36-37H2,(H,61,70)/t50-,51+,52+,53+,54-,55-,60+/m0/s1. The van der Waals surface area contributed by atoms with Gasteiger partial charge in [-0.15, -0.1) is 5.10 Å². The second-order valence-corrected chi connectivity index (χ2v) is 19.0. The summed E-state index contributed by atoms with van der Waals surface area (Å²) >= 11 is 0. The molecule has 11 rings (SSSR count). The number of fused-ring (bicyclic) bond motifs is 4. The van der Waals surface area contributed by atoms with Crippen LogP contribution in [0.2, 0.25) is 0 Å². The molecule has 0 unspecified atom stereocenters. The Labute approximate surface area is 446 Å². The number of anilines is 1. The second-order valence-electron chi connectivity index (χ2n) is 19.0. The number of aromatic nitrogens is 3. The zero-order valence-electron chi connectivity index (χ0n) is 41.6. The van der Waals surface area contributed by atoms with Gasteiger partial charge in [0.2, 0.25) is 11.8 Å². The Bertz CT molecular complexity index is 3610. The second kappa shape index (κ2) is 21.6. The molecular weight excluding hydrogens is 995 g/mol. The molecule has 390 valence electrons. The molecule has 3 N–H and O–H groups in total. The Morgan fingerprint density at radius 1 is 0.808 bits per heavy atom. The Kier molecular flexibility index (Phi) is 14.0. The molecule has 4 heterocycles. The highest BCUT2D eigenvalue weighted by atomic mass is 16.6. The number of rotatable bonds is 14. The summed E-state index contributed by atoms with van der Waals surface area (Å²) in [6, 6.07) is 47.9. The number of ether oxygens (including phenoxy) is 3. The first kappa shape index (κ1) is 50.6. The smallest absolute Gasteiger partial charge is 0.421 e. The predicted molar refractivity (Wildman–Crippen MR) is 283 cm³/mol. The van der Waals surface area contributed by atoms with Crippen LogP contribution in [-0.2, 0) is 42.4 Å². The van der Waals surface area contributed by atoms with Crippen molar-refractivity contribution in [3.05, 3.63) is 231 Å². The molecule has 3 aliphatic rings. The summed E-state index contributed by atoms with van der Waals surface area (Å²) in [5, 5.41) is 44.2. The number of amides is 3. The zero-order chi connectivity index (χ0) is 53.9. The number of non-ortho nitro benzene ring substituents is 1. The lowest BCUT2D eigenvalue weighted by molar-refractivity contribution is -0.384. The van der Waals surface area contributed by atoms with E-state index in [9.17, 15) is 25.1 Å². The highest BCUT2D eigenvalue weighted by Gasteiger charge is 2.75. The van der Waals surface area contributed by atoms with Gasteiger partial charge in [-0.3, -0.25) is 29.4 Å². The lowest BCUT2D eigenvalue weighted by atomic mass is 9.65. The summed E-state index contributed by atoms with van der Waals surface area (Å²) in [5.74, 6) is 2.53. The molecule has 7 atom stereocenters. The van der Waals surface area contributed by atoms with Gasteiger partial charge >= 0.3 is 12.1 Å². The van der Waals surface area contributed by atoms with Crippen molar-refractivity contribution >= 4 is 46.3 Å². The number of hydrogen-bond donors (Lipinski definition) is 3. The van der Waals surface area contributed by atoms with Crippen LogP contribution in [-0.4, -0.2) is 84.7 Å². The van der Waals surface area contributed by atoms with Crippen molar-refractivity contribution < 1.29 is 48.5 Å². The van der Waals surface area contributed by atoms with Crippen LogP contribution in [0.1, 0.15) is 63.2 Å². The number of aliphatic hydroxyl groups excluding tert-OH is 2. The van der Waals surface area contributed by atoms with Gasteiger partial charge in [-0.25, -0.2) is 14.4 Å². The SMILES string of the molecule is O=C1O[C@@H](c2ccccc2)[C@@H](c2ccccc2)N2[C@@H](c3ccc(OCCO)cc3)[C@]3(C(=O)N(C(=O)OCc4ccc([N+](=O)[O-])cc4)c4ccc(C#CCn5nnc6ccccc65)cc43)[C@@H](C(=O)NC[C@H](O)c3ccccc3)[C@H]12. The first-order valence-electron chi connectivity index (χ1n) is 25.1. The molecule has 18 heteroatoms. The van der Waals surface area contributed by atoms with E-state index in [1.165, 1.54) is 24.3 Å². The van der Waals surface area contributed by atoms with E-state index in [-0.39, 0.29) is 43.2 Å².